The summed E-state index contributed by atoms with van der Waals surface area (Å²) in [6, 6.07) is 23.4. The third-order valence-electron chi connectivity index (χ3n) is 4.62. The maximum absolute atomic E-state index is 13.0. The molecule has 4 rings (SSSR count). The number of nitrogens with one attached hydrogen (secondary N) is 1. The molecule has 5 nitrogen and oxygen atoms in total. The molecule has 5 heteroatoms. The summed E-state index contributed by atoms with van der Waals surface area (Å²) in [6.45, 7) is 1.99. The number of amides is 1. The second kappa shape index (κ2) is 8.02. The summed E-state index contributed by atoms with van der Waals surface area (Å²) >= 11 is 0. The number of aromatic nitrogens is 1. The molecule has 0 aliphatic rings. The minimum atomic E-state index is -0.362. The van der Waals surface area contributed by atoms with E-state index in [1.54, 1.807) is 7.11 Å². The first-order valence-electron chi connectivity index (χ1n) is 9.21. The van der Waals surface area contributed by atoms with Crippen molar-refractivity contribution in [2.75, 3.05) is 12.4 Å². The van der Waals surface area contributed by atoms with Gasteiger partial charge < -0.3 is 14.5 Å². The molecule has 0 aliphatic carbocycles. The third kappa shape index (κ3) is 3.89. The summed E-state index contributed by atoms with van der Waals surface area (Å²) in [6.07, 6.45) is 1.28. The number of hydrogen-bond donors (Lipinski definition) is 1. The Hall–Kier alpha value is -3.86. The molecule has 0 aliphatic heterocycles. The second-order valence-corrected chi connectivity index (χ2v) is 6.63. The van der Waals surface area contributed by atoms with E-state index in [4.69, 9.17) is 9.15 Å². The fourth-order valence-electron chi connectivity index (χ4n) is 3.20. The van der Waals surface area contributed by atoms with Gasteiger partial charge in [-0.05, 0) is 36.2 Å². The van der Waals surface area contributed by atoms with E-state index in [0.29, 0.717) is 17.2 Å². The molecule has 0 unspecified atom stereocenters. The monoisotopic (exact) mass is 384 g/mol. The maximum Gasteiger partial charge on any atom is 0.278 e. The number of ether oxygens (including phenoxy) is 1. The molecule has 0 atom stereocenters. The van der Waals surface area contributed by atoms with Gasteiger partial charge in [0, 0.05) is 5.56 Å². The fraction of sp³-hybridized carbons (Fsp3) is 0.0833. The third-order valence-corrected chi connectivity index (χ3v) is 4.62. The van der Waals surface area contributed by atoms with E-state index in [1.165, 1.54) is 6.39 Å². The van der Waals surface area contributed by atoms with E-state index in [1.807, 2.05) is 79.7 Å². The minimum absolute atomic E-state index is 0.225. The number of aryl methyl sites for hydroxylation is 1. The number of anilines is 1. The van der Waals surface area contributed by atoms with Gasteiger partial charge in [0.05, 0.1) is 12.8 Å². The van der Waals surface area contributed by atoms with E-state index in [9.17, 15) is 4.79 Å². The van der Waals surface area contributed by atoms with Gasteiger partial charge in [-0.15, -0.1) is 0 Å². The van der Waals surface area contributed by atoms with Crippen LogP contribution >= 0.6 is 0 Å². The summed E-state index contributed by atoms with van der Waals surface area (Å²) in [7, 11) is 1.57. The fourth-order valence-corrected chi connectivity index (χ4v) is 3.20. The van der Waals surface area contributed by atoms with Crippen molar-refractivity contribution in [1.29, 1.82) is 0 Å². The van der Waals surface area contributed by atoms with E-state index >= 15 is 0 Å². The topological polar surface area (TPSA) is 64.4 Å². The molecule has 4 aromatic rings. The number of rotatable bonds is 5. The van der Waals surface area contributed by atoms with Crippen molar-refractivity contribution in [3.05, 3.63) is 90.4 Å². The van der Waals surface area contributed by atoms with Crippen molar-refractivity contribution in [3.8, 4) is 28.2 Å². The average molecular weight is 384 g/mol. The van der Waals surface area contributed by atoms with Gasteiger partial charge in [-0.3, -0.25) is 4.79 Å². The van der Waals surface area contributed by atoms with Crippen molar-refractivity contribution in [2.24, 2.45) is 0 Å². The highest BCUT2D eigenvalue weighted by Gasteiger charge is 2.20. The quantitative estimate of drug-likeness (QED) is 0.488. The van der Waals surface area contributed by atoms with Crippen LogP contribution in [-0.2, 0) is 0 Å². The lowest BCUT2D eigenvalue weighted by molar-refractivity contribution is 0.102. The first-order valence-corrected chi connectivity index (χ1v) is 9.21. The first-order chi connectivity index (χ1) is 14.2. The Morgan fingerprint density at radius 3 is 2.48 bits per heavy atom. The van der Waals surface area contributed by atoms with Gasteiger partial charge >= 0.3 is 0 Å². The Labute approximate surface area is 169 Å². The van der Waals surface area contributed by atoms with Crippen molar-refractivity contribution in [2.45, 2.75) is 6.92 Å². The molecule has 1 heterocycles. The van der Waals surface area contributed by atoms with Crippen LogP contribution in [0.1, 0.15) is 16.1 Å². The number of benzene rings is 3. The van der Waals surface area contributed by atoms with Gasteiger partial charge in [0.1, 0.15) is 5.75 Å². The Kier molecular flexibility index (Phi) is 5.12. The standard InChI is InChI=1S/C24H20N2O3/c1-16-7-6-10-19(13-16)23-22(25-15-29-23)24(27)26-20-14-18(11-12-21(20)28-2)17-8-4-3-5-9-17/h3-15H,1-2H3,(H,26,27). The highest BCUT2D eigenvalue weighted by atomic mass is 16.5. The number of nitrogens with zero attached hydrogens (tertiary/aromatic N) is 1. The Morgan fingerprint density at radius 1 is 0.931 bits per heavy atom. The lowest BCUT2D eigenvalue weighted by Gasteiger charge is -2.12. The largest absolute Gasteiger partial charge is 0.495 e. The van der Waals surface area contributed by atoms with Gasteiger partial charge in [-0.25, -0.2) is 4.98 Å². The molecular formula is C24H20N2O3. The van der Waals surface area contributed by atoms with Crippen LogP contribution in [0.25, 0.3) is 22.5 Å². The number of hydrogen-bond acceptors (Lipinski definition) is 4. The Balaban J connectivity index is 1.67. The van der Waals surface area contributed by atoms with Gasteiger partial charge in [0.15, 0.2) is 17.8 Å². The van der Waals surface area contributed by atoms with Gasteiger partial charge in [0.2, 0.25) is 0 Å². The molecular weight excluding hydrogens is 364 g/mol. The van der Waals surface area contributed by atoms with E-state index < -0.39 is 0 Å². The molecule has 144 valence electrons. The molecule has 1 N–H and O–H groups in total. The molecule has 3 aromatic carbocycles. The van der Waals surface area contributed by atoms with Crippen molar-refractivity contribution >= 4 is 11.6 Å². The van der Waals surface area contributed by atoms with Crippen LogP contribution in [-0.4, -0.2) is 18.0 Å². The lowest BCUT2D eigenvalue weighted by Crippen LogP contribution is -2.14. The van der Waals surface area contributed by atoms with Crippen LogP contribution in [0.5, 0.6) is 5.75 Å². The second-order valence-electron chi connectivity index (χ2n) is 6.63. The van der Waals surface area contributed by atoms with Crippen molar-refractivity contribution < 1.29 is 13.9 Å². The van der Waals surface area contributed by atoms with E-state index in [2.05, 4.69) is 10.3 Å². The van der Waals surface area contributed by atoms with Crippen LogP contribution in [0.3, 0.4) is 0 Å². The zero-order chi connectivity index (χ0) is 20.2. The van der Waals surface area contributed by atoms with Crippen LogP contribution in [0.15, 0.2) is 83.6 Å². The van der Waals surface area contributed by atoms with Gasteiger partial charge in [-0.2, -0.15) is 0 Å². The predicted octanol–water partition coefficient (Wildman–Crippen LogP) is 5.58. The molecule has 29 heavy (non-hydrogen) atoms. The van der Waals surface area contributed by atoms with Crippen molar-refractivity contribution in [1.82, 2.24) is 4.98 Å². The lowest BCUT2D eigenvalue weighted by atomic mass is 10.0. The SMILES string of the molecule is COc1ccc(-c2ccccc2)cc1NC(=O)c1ncoc1-c1cccc(C)c1. The molecule has 1 amide bonds. The molecule has 0 saturated heterocycles. The smallest absolute Gasteiger partial charge is 0.278 e. The number of carbonyl (C=O) groups excluding carboxylic acids is 1. The number of methoxy groups -OCH3 is 1. The van der Waals surface area contributed by atoms with Gasteiger partial charge in [0.25, 0.3) is 5.91 Å². The minimum Gasteiger partial charge on any atom is -0.495 e. The summed E-state index contributed by atoms with van der Waals surface area (Å²) in [4.78, 5) is 17.1. The highest BCUT2D eigenvalue weighted by Crippen LogP contribution is 2.32. The Morgan fingerprint density at radius 2 is 1.72 bits per heavy atom. The van der Waals surface area contributed by atoms with E-state index in [0.717, 1.165) is 22.3 Å². The van der Waals surface area contributed by atoms with Crippen molar-refractivity contribution in [3.63, 3.8) is 0 Å². The molecule has 0 bridgehead atoms. The van der Waals surface area contributed by atoms with Gasteiger partial charge in [-0.1, -0.05) is 60.2 Å². The normalized spacial score (nSPS) is 10.6. The molecule has 0 fully saturated rings. The van der Waals surface area contributed by atoms with Crippen LogP contribution in [0, 0.1) is 6.92 Å². The number of carbonyl (C=O) groups is 1. The maximum atomic E-state index is 13.0. The summed E-state index contributed by atoms with van der Waals surface area (Å²) in [5, 5.41) is 2.91. The van der Waals surface area contributed by atoms with E-state index in [-0.39, 0.29) is 11.6 Å². The van der Waals surface area contributed by atoms with Crippen LogP contribution in [0.4, 0.5) is 5.69 Å². The van der Waals surface area contributed by atoms with Crippen LogP contribution in [0.2, 0.25) is 0 Å². The first kappa shape index (κ1) is 18.5. The summed E-state index contributed by atoms with van der Waals surface area (Å²) in [5.74, 6) is 0.641. The Bertz CT molecular complexity index is 1150. The summed E-state index contributed by atoms with van der Waals surface area (Å²) in [5.41, 5.74) is 4.69. The predicted molar refractivity (Wildman–Crippen MR) is 113 cm³/mol. The summed E-state index contributed by atoms with van der Waals surface area (Å²) < 4.78 is 10.9. The highest BCUT2D eigenvalue weighted by molar-refractivity contribution is 6.07. The molecule has 0 spiro atoms. The molecule has 0 saturated carbocycles. The van der Waals surface area contributed by atoms with Crippen LogP contribution < -0.4 is 10.1 Å². The molecule has 0 radical (unpaired) electrons. The average Bonchev–Trinajstić information content (AvgIpc) is 3.24. The number of oxazole rings is 1. The zero-order valence-electron chi connectivity index (χ0n) is 16.2. The molecule has 1 aromatic heterocycles. The zero-order valence-corrected chi connectivity index (χ0v) is 16.2.